The molecule has 114 valence electrons. The van der Waals surface area contributed by atoms with E-state index in [4.69, 9.17) is 26.8 Å². The Morgan fingerprint density at radius 3 is 2.67 bits per heavy atom. The summed E-state index contributed by atoms with van der Waals surface area (Å²) in [5.74, 6) is 2.13. The average Bonchev–Trinajstić information content (AvgIpc) is 2.89. The van der Waals surface area contributed by atoms with Crippen molar-refractivity contribution in [3.8, 4) is 11.5 Å². The molecule has 6 heteroatoms. The molecular formula is C15H20ClN3O2. The molecule has 1 aromatic carbocycles. The van der Waals surface area contributed by atoms with Crippen molar-refractivity contribution in [3.05, 3.63) is 40.9 Å². The Hall–Kier alpha value is -1.72. The fraction of sp³-hybridized carbons (Fsp3) is 0.400. The van der Waals surface area contributed by atoms with E-state index in [9.17, 15) is 0 Å². The maximum absolute atomic E-state index is 6.25. The highest BCUT2D eigenvalue weighted by molar-refractivity contribution is 6.32. The molecule has 2 N–H and O–H groups in total. The minimum Gasteiger partial charge on any atom is -0.493 e. The number of hydrogen-bond donors (Lipinski definition) is 1. The van der Waals surface area contributed by atoms with Crippen LogP contribution >= 0.6 is 11.6 Å². The fourth-order valence-corrected chi connectivity index (χ4v) is 2.54. The van der Waals surface area contributed by atoms with Gasteiger partial charge in [0.05, 0.1) is 19.2 Å². The van der Waals surface area contributed by atoms with Crippen molar-refractivity contribution in [2.75, 3.05) is 14.2 Å². The average molecular weight is 310 g/mol. The SMILES string of the molecule is COc1cc(C(N)CCc2nccn2C)cc(Cl)c1OC. The number of ether oxygens (including phenoxy) is 2. The monoisotopic (exact) mass is 309 g/mol. The predicted octanol–water partition coefficient (Wildman–Crippen LogP) is 2.72. The largest absolute Gasteiger partial charge is 0.493 e. The van der Waals surface area contributed by atoms with Gasteiger partial charge in [-0.25, -0.2) is 4.98 Å². The van der Waals surface area contributed by atoms with Gasteiger partial charge in [-0.1, -0.05) is 11.6 Å². The van der Waals surface area contributed by atoms with E-state index in [1.54, 1.807) is 20.4 Å². The molecule has 0 amide bonds. The summed E-state index contributed by atoms with van der Waals surface area (Å²) in [5, 5.41) is 0.499. The molecule has 0 fully saturated rings. The van der Waals surface area contributed by atoms with Gasteiger partial charge in [0.25, 0.3) is 0 Å². The third kappa shape index (κ3) is 3.49. The molecule has 0 saturated carbocycles. The van der Waals surface area contributed by atoms with Crippen LogP contribution in [0.25, 0.3) is 0 Å². The van der Waals surface area contributed by atoms with E-state index in [1.807, 2.05) is 29.9 Å². The molecule has 0 aliphatic rings. The number of hydrogen-bond acceptors (Lipinski definition) is 4. The first kappa shape index (κ1) is 15.7. The van der Waals surface area contributed by atoms with Crippen molar-refractivity contribution in [1.29, 1.82) is 0 Å². The van der Waals surface area contributed by atoms with E-state index in [0.717, 1.165) is 24.2 Å². The first-order valence-electron chi connectivity index (χ1n) is 6.70. The number of rotatable bonds is 6. The van der Waals surface area contributed by atoms with E-state index in [1.165, 1.54) is 0 Å². The molecule has 0 aliphatic heterocycles. The van der Waals surface area contributed by atoms with Crippen LogP contribution < -0.4 is 15.2 Å². The molecule has 1 unspecified atom stereocenters. The quantitative estimate of drug-likeness (QED) is 0.891. The Morgan fingerprint density at radius 1 is 1.33 bits per heavy atom. The van der Waals surface area contributed by atoms with Gasteiger partial charge < -0.3 is 19.8 Å². The van der Waals surface area contributed by atoms with Crippen LogP contribution in [0.1, 0.15) is 23.9 Å². The first-order valence-corrected chi connectivity index (χ1v) is 7.07. The van der Waals surface area contributed by atoms with Crippen molar-refractivity contribution in [1.82, 2.24) is 9.55 Å². The van der Waals surface area contributed by atoms with Crippen molar-refractivity contribution < 1.29 is 9.47 Å². The maximum atomic E-state index is 6.25. The number of aryl methyl sites for hydroxylation is 2. The molecule has 21 heavy (non-hydrogen) atoms. The number of nitrogens with zero attached hydrogens (tertiary/aromatic N) is 2. The number of nitrogens with two attached hydrogens (primary N) is 1. The summed E-state index contributed by atoms with van der Waals surface area (Å²) in [6.07, 6.45) is 5.29. The Balaban J connectivity index is 2.13. The van der Waals surface area contributed by atoms with Crippen molar-refractivity contribution in [2.24, 2.45) is 12.8 Å². The van der Waals surface area contributed by atoms with E-state index in [-0.39, 0.29) is 6.04 Å². The van der Waals surface area contributed by atoms with E-state index in [0.29, 0.717) is 16.5 Å². The number of imidazole rings is 1. The molecule has 0 spiro atoms. The zero-order chi connectivity index (χ0) is 15.4. The second kappa shape index (κ2) is 6.83. The number of methoxy groups -OCH3 is 2. The molecule has 1 atom stereocenters. The highest BCUT2D eigenvalue weighted by Crippen LogP contribution is 2.37. The third-order valence-electron chi connectivity index (χ3n) is 3.48. The molecule has 0 radical (unpaired) electrons. The van der Waals surface area contributed by atoms with E-state index in [2.05, 4.69) is 4.98 Å². The summed E-state index contributed by atoms with van der Waals surface area (Å²) in [7, 11) is 5.11. The zero-order valence-corrected chi connectivity index (χ0v) is 13.2. The summed E-state index contributed by atoms with van der Waals surface area (Å²) in [6.45, 7) is 0. The van der Waals surface area contributed by atoms with Gasteiger partial charge in [0.2, 0.25) is 0 Å². The topological polar surface area (TPSA) is 62.3 Å². The molecule has 0 aliphatic carbocycles. The second-order valence-electron chi connectivity index (χ2n) is 4.84. The lowest BCUT2D eigenvalue weighted by molar-refractivity contribution is 0.354. The van der Waals surface area contributed by atoms with Crippen LogP contribution in [0.3, 0.4) is 0 Å². The lowest BCUT2D eigenvalue weighted by Gasteiger charge is -2.16. The highest BCUT2D eigenvalue weighted by atomic mass is 35.5. The van der Waals surface area contributed by atoms with Crippen LogP contribution in [0, 0.1) is 0 Å². The standard InChI is InChI=1S/C15H20ClN3O2/c1-19-7-6-18-14(19)5-4-12(17)10-8-11(16)15(21-3)13(9-10)20-2/h6-9,12H,4-5,17H2,1-3H3. The molecule has 2 rings (SSSR count). The summed E-state index contributed by atoms with van der Waals surface area (Å²) in [6, 6.07) is 3.55. The van der Waals surface area contributed by atoms with Crippen LogP contribution in [-0.2, 0) is 13.5 Å². The Kier molecular flexibility index (Phi) is 5.09. The summed E-state index contributed by atoms with van der Waals surface area (Å²) in [4.78, 5) is 4.30. The zero-order valence-electron chi connectivity index (χ0n) is 12.5. The van der Waals surface area contributed by atoms with Gasteiger partial charge in [-0.15, -0.1) is 0 Å². The van der Waals surface area contributed by atoms with Crippen LogP contribution in [0.15, 0.2) is 24.5 Å². The van der Waals surface area contributed by atoms with E-state index >= 15 is 0 Å². The molecule has 0 saturated heterocycles. The number of aromatic nitrogens is 2. The first-order chi connectivity index (χ1) is 10.1. The van der Waals surface area contributed by atoms with Crippen LogP contribution in [0.4, 0.5) is 0 Å². The van der Waals surface area contributed by atoms with Gasteiger partial charge >= 0.3 is 0 Å². The second-order valence-corrected chi connectivity index (χ2v) is 5.24. The normalized spacial score (nSPS) is 12.2. The van der Waals surface area contributed by atoms with Gasteiger partial charge in [0.15, 0.2) is 11.5 Å². The van der Waals surface area contributed by atoms with Gasteiger partial charge in [0.1, 0.15) is 5.82 Å². The lowest BCUT2D eigenvalue weighted by atomic mass is 10.0. The van der Waals surface area contributed by atoms with Crippen LogP contribution in [0.2, 0.25) is 5.02 Å². The fourth-order valence-electron chi connectivity index (χ4n) is 2.24. The summed E-state index contributed by atoms with van der Waals surface area (Å²) in [5.41, 5.74) is 7.18. The van der Waals surface area contributed by atoms with Crippen molar-refractivity contribution >= 4 is 11.6 Å². The summed E-state index contributed by atoms with van der Waals surface area (Å²) < 4.78 is 12.5. The van der Waals surface area contributed by atoms with Crippen molar-refractivity contribution in [3.63, 3.8) is 0 Å². The predicted molar refractivity (Wildman–Crippen MR) is 83.0 cm³/mol. The minimum absolute atomic E-state index is 0.140. The molecule has 1 heterocycles. The molecule has 5 nitrogen and oxygen atoms in total. The molecule has 1 aromatic heterocycles. The highest BCUT2D eigenvalue weighted by Gasteiger charge is 2.15. The van der Waals surface area contributed by atoms with Gasteiger partial charge in [-0.3, -0.25) is 0 Å². The smallest absolute Gasteiger partial charge is 0.179 e. The summed E-state index contributed by atoms with van der Waals surface area (Å²) >= 11 is 6.21. The number of benzene rings is 1. The molecular weight excluding hydrogens is 290 g/mol. The van der Waals surface area contributed by atoms with Gasteiger partial charge in [-0.05, 0) is 24.1 Å². The Labute approximate surface area is 129 Å². The Bertz CT molecular complexity index is 613. The third-order valence-corrected chi connectivity index (χ3v) is 3.76. The van der Waals surface area contributed by atoms with Crippen LogP contribution in [-0.4, -0.2) is 23.8 Å². The van der Waals surface area contributed by atoms with E-state index < -0.39 is 0 Å². The van der Waals surface area contributed by atoms with Crippen LogP contribution in [0.5, 0.6) is 11.5 Å². The lowest BCUT2D eigenvalue weighted by Crippen LogP contribution is -2.13. The molecule has 0 bridgehead atoms. The van der Waals surface area contributed by atoms with Crippen molar-refractivity contribution in [2.45, 2.75) is 18.9 Å². The Morgan fingerprint density at radius 2 is 2.10 bits per heavy atom. The molecule has 2 aromatic rings. The van der Waals surface area contributed by atoms with Gasteiger partial charge in [-0.2, -0.15) is 0 Å². The maximum Gasteiger partial charge on any atom is 0.179 e. The van der Waals surface area contributed by atoms with Gasteiger partial charge in [0, 0.05) is 31.9 Å². The minimum atomic E-state index is -0.140. The number of halogens is 1.